The number of nitrogens with zero attached hydrogens (tertiary/aromatic N) is 1. The van der Waals surface area contributed by atoms with Gasteiger partial charge in [-0.25, -0.2) is 0 Å². The van der Waals surface area contributed by atoms with Gasteiger partial charge in [-0.15, -0.1) is 0 Å². The molecule has 5 aliphatic rings. The summed E-state index contributed by atoms with van der Waals surface area (Å²) in [7, 11) is 0. The van der Waals surface area contributed by atoms with Gasteiger partial charge in [0.25, 0.3) is 0 Å². The van der Waals surface area contributed by atoms with Gasteiger partial charge in [0.1, 0.15) is 17.1 Å². The first-order valence-corrected chi connectivity index (χ1v) is 14.6. The Balaban J connectivity index is 1.22. The third-order valence-electron chi connectivity index (χ3n) is 9.86. The van der Waals surface area contributed by atoms with E-state index >= 15 is 0 Å². The Kier molecular flexibility index (Phi) is 4.31. The van der Waals surface area contributed by atoms with Crippen molar-refractivity contribution in [2.75, 3.05) is 16.0 Å². The Labute approximate surface area is 231 Å². The van der Waals surface area contributed by atoms with Gasteiger partial charge < -0.3 is 21.1 Å². The maximum Gasteiger partial charge on any atom is 0.201 e. The molecule has 0 unspecified atom stereocenters. The lowest BCUT2D eigenvalue weighted by Gasteiger charge is -2.39. The predicted octanol–water partition coefficient (Wildman–Crippen LogP) is 6.12. The van der Waals surface area contributed by atoms with Gasteiger partial charge in [0.2, 0.25) is 5.78 Å². The fourth-order valence-electron chi connectivity index (χ4n) is 8.02. The second-order valence-corrected chi connectivity index (χ2v) is 12.2. The van der Waals surface area contributed by atoms with Gasteiger partial charge >= 0.3 is 0 Å². The van der Waals surface area contributed by atoms with Crippen LogP contribution in [0, 0.1) is 0 Å². The average molecular weight is 527 g/mol. The third-order valence-corrected chi connectivity index (χ3v) is 9.86. The van der Waals surface area contributed by atoms with E-state index < -0.39 is 0 Å². The van der Waals surface area contributed by atoms with Crippen LogP contribution in [0.1, 0.15) is 56.9 Å². The second kappa shape index (κ2) is 7.66. The van der Waals surface area contributed by atoms with Crippen LogP contribution >= 0.6 is 0 Å². The van der Waals surface area contributed by atoms with Gasteiger partial charge in [-0.2, -0.15) is 0 Å². The molecule has 6 nitrogen and oxygen atoms in total. The van der Waals surface area contributed by atoms with E-state index in [1.54, 1.807) is 0 Å². The number of benzene rings is 4. The molecule has 0 saturated heterocycles. The highest BCUT2D eigenvalue weighted by Crippen LogP contribution is 2.47. The van der Waals surface area contributed by atoms with Gasteiger partial charge in [0.15, 0.2) is 0 Å². The summed E-state index contributed by atoms with van der Waals surface area (Å²) in [6.45, 7) is 0. The molecule has 0 atom stereocenters. The quantitative estimate of drug-likeness (QED) is 0.240. The number of anilines is 3. The predicted molar refractivity (Wildman–Crippen MR) is 160 cm³/mol. The summed E-state index contributed by atoms with van der Waals surface area (Å²) >= 11 is 0. The lowest BCUT2D eigenvalue weighted by Crippen LogP contribution is -2.45. The highest BCUT2D eigenvalue weighted by Gasteiger charge is 2.40. The summed E-state index contributed by atoms with van der Waals surface area (Å²) in [5.41, 5.74) is 4.50. The minimum atomic E-state index is -0.215. The second-order valence-electron chi connectivity index (χ2n) is 12.2. The van der Waals surface area contributed by atoms with Crippen LogP contribution in [0.3, 0.4) is 0 Å². The van der Waals surface area contributed by atoms with Crippen LogP contribution in [0.15, 0.2) is 71.4 Å². The number of rotatable bonds is 1. The molecule has 2 aliphatic heterocycles. The molecule has 9 rings (SSSR count). The molecule has 198 valence electrons. The molecule has 4 aromatic rings. The minimum Gasteiger partial charge on any atom is -0.506 e. The fourth-order valence-corrected chi connectivity index (χ4v) is 8.02. The molecular weight excluding hydrogens is 496 g/mol. The van der Waals surface area contributed by atoms with Crippen LogP contribution in [-0.2, 0) is 4.79 Å². The first-order valence-electron chi connectivity index (χ1n) is 14.6. The van der Waals surface area contributed by atoms with Gasteiger partial charge in [-0.3, -0.25) is 9.79 Å². The number of aliphatic hydroxyl groups excluding tert-OH is 1. The SMILES string of the molecule is O=C1C(c2ccc3c4c(cccc24)NC2(CCCC2)N3)=C(O)C1=c1ccc2c3c(cccc13)NC1(CCCC1)N=2. The smallest absolute Gasteiger partial charge is 0.201 e. The summed E-state index contributed by atoms with van der Waals surface area (Å²) in [5.74, 6) is -0.0424. The number of carbonyl (C=O) groups is 1. The zero-order valence-electron chi connectivity index (χ0n) is 22.2. The van der Waals surface area contributed by atoms with Crippen LogP contribution < -0.4 is 26.5 Å². The van der Waals surface area contributed by atoms with Crippen molar-refractivity contribution in [3.63, 3.8) is 0 Å². The number of hydrogen-bond donors (Lipinski definition) is 4. The van der Waals surface area contributed by atoms with E-state index in [-0.39, 0.29) is 22.9 Å². The van der Waals surface area contributed by atoms with Crippen LogP contribution in [0.5, 0.6) is 0 Å². The van der Waals surface area contributed by atoms with E-state index in [2.05, 4.69) is 34.1 Å². The van der Waals surface area contributed by atoms with Crippen molar-refractivity contribution >= 4 is 55.5 Å². The maximum atomic E-state index is 13.8. The van der Waals surface area contributed by atoms with Gasteiger partial charge in [-0.05, 0) is 97.2 Å². The van der Waals surface area contributed by atoms with E-state index in [0.717, 1.165) is 80.4 Å². The highest BCUT2D eigenvalue weighted by atomic mass is 16.3. The number of nitrogens with one attached hydrogen (secondary N) is 3. The first kappa shape index (κ1) is 22.5. The highest BCUT2D eigenvalue weighted by molar-refractivity contribution is 6.53. The molecule has 4 N–H and O–H groups in total. The number of aliphatic hydroxyl groups is 1. The lowest BCUT2D eigenvalue weighted by molar-refractivity contribution is -0.109. The van der Waals surface area contributed by atoms with Gasteiger partial charge in [0, 0.05) is 27.8 Å². The van der Waals surface area contributed by atoms with E-state index in [4.69, 9.17) is 4.99 Å². The Hall–Kier alpha value is -4.32. The van der Waals surface area contributed by atoms with Gasteiger partial charge in [0.05, 0.1) is 16.5 Å². The van der Waals surface area contributed by atoms with Crippen LogP contribution in [0.4, 0.5) is 17.1 Å². The van der Waals surface area contributed by atoms with Crippen LogP contribution in [0.2, 0.25) is 0 Å². The molecular formula is C34H30N4O2. The number of carbonyl (C=O) groups excluding carboxylic acids is 1. The normalized spacial score (nSPS) is 22.8. The van der Waals surface area contributed by atoms with E-state index in [9.17, 15) is 9.90 Å². The molecule has 0 aromatic heterocycles. The van der Waals surface area contributed by atoms with Crippen LogP contribution in [-0.4, -0.2) is 22.2 Å². The molecule has 0 bridgehead atoms. The van der Waals surface area contributed by atoms with E-state index in [1.165, 1.54) is 25.7 Å². The summed E-state index contributed by atoms with van der Waals surface area (Å²) in [6.07, 6.45) is 9.02. The Morgan fingerprint density at radius 3 is 2.10 bits per heavy atom. The largest absolute Gasteiger partial charge is 0.506 e. The minimum absolute atomic E-state index is 0.0726. The van der Waals surface area contributed by atoms with Crippen molar-refractivity contribution in [2.45, 2.75) is 62.7 Å². The summed E-state index contributed by atoms with van der Waals surface area (Å²) < 4.78 is 0. The summed E-state index contributed by atoms with van der Waals surface area (Å²) in [4.78, 5) is 19.0. The fraction of sp³-hybridized carbons (Fsp3) is 0.294. The summed E-state index contributed by atoms with van der Waals surface area (Å²) in [5, 5.41) is 28.5. The standard InChI is InChI=1S/C34H30N4O2/c39-31-29(21-11-13-25-27-19(21)7-5-9-23(27)35-33(37-25)15-1-2-16-33)32(40)30(31)22-12-14-26-28-20(22)8-6-10-24(28)36-34(38-26)17-3-4-18-34/h5-14,35-37,39H,1-4,15-18H2. The zero-order valence-corrected chi connectivity index (χ0v) is 22.2. The number of allylic oxidation sites excluding steroid dienone is 2. The van der Waals surface area contributed by atoms with E-state index in [1.807, 2.05) is 42.5 Å². The molecule has 2 heterocycles. The Bertz CT molecular complexity index is 1960. The van der Waals surface area contributed by atoms with Crippen molar-refractivity contribution in [1.29, 1.82) is 0 Å². The molecule has 0 amide bonds. The molecule has 0 radical (unpaired) electrons. The lowest BCUT2D eigenvalue weighted by atomic mass is 9.79. The average Bonchev–Trinajstić information content (AvgIpc) is 3.61. The topological polar surface area (TPSA) is 85.8 Å². The first-order chi connectivity index (χ1) is 19.5. The van der Waals surface area contributed by atoms with Crippen LogP contribution in [0.25, 0.3) is 32.7 Å². The van der Waals surface area contributed by atoms with Gasteiger partial charge in [-0.1, -0.05) is 36.4 Å². The van der Waals surface area contributed by atoms with Crippen molar-refractivity contribution in [3.05, 3.63) is 82.6 Å². The summed E-state index contributed by atoms with van der Waals surface area (Å²) in [6, 6.07) is 20.4. The molecule has 2 fully saturated rings. The Morgan fingerprint density at radius 2 is 1.35 bits per heavy atom. The maximum absolute atomic E-state index is 13.8. The molecule has 6 heteroatoms. The number of hydrogen-bond acceptors (Lipinski definition) is 6. The Morgan fingerprint density at radius 1 is 0.675 bits per heavy atom. The zero-order chi connectivity index (χ0) is 26.6. The van der Waals surface area contributed by atoms with Crippen molar-refractivity contribution in [1.82, 2.24) is 0 Å². The molecule has 2 saturated carbocycles. The molecule has 3 aliphatic carbocycles. The van der Waals surface area contributed by atoms with Crippen molar-refractivity contribution in [2.24, 2.45) is 4.99 Å². The van der Waals surface area contributed by atoms with E-state index in [0.29, 0.717) is 11.1 Å². The number of ketones is 1. The van der Waals surface area contributed by atoms with Crippen molar-refractivity contribution < 1.29 is 9.90 Å². The van der Waals surface area contributed by atoms with Crippen molar-refractivity contribution in [3.8, 4) is 0 Å². The number of Topliss-reactive ketones (excluding diaryl/α,β-unsaturated/α-hetero) is 1. The third kappa shape index (κ3) is 2.88. The molecule has 2 spiro atoms. The monoisotopic (exact) mass is 526 g/mol. The molecule has 4 aromatic carbocycles. The molecule has 40 heavy (non-hydrogen) atoms.